The lowest BCUT2D eigenvalue weighted by Crippen LogP contribution is -2.20. The van der Waals surface area contributed by atoms with E-state index in [0.717, 1.165) is 0 Å². The number of para-hydroxylation sites is 2. The Labute approximate surface area is 139 Å². The van der Waals surface area contributed by atoms with Crippen LogP contribution < -0.4 is 14.8 Å². The lowest BCUT2D eigenvalue weighted by Gasteiger charge is -2.14. The molecule has 2 aromatic rings. The van der Waals surface area contributed by atoms with Crippen molar-refractivity contribution in [2.75, 3.05) is 11.9 Å². The summed E-state index contributed by atoms with van der Waals surface area (Å²) in [4.78, 5) is 12.1. The van der Waals surface area contributed by atoms with Crippen LogP contribution in [0, 0.1) is 0 Å². The van der Waals surface area contributed by atoms with Gasteiger partial charge < -0.3 is 14.8 Å². The lowest BCUT2D eigenvalue weighted by molar-refractivity contribution is -0.153. The molecule has 134 valence electrons. The first-order chi connectivity index (χ1) is 11.7. The second kappa shape index (κ2) is 7.82. The summed E-state index contributed by atoms with van der Waals surface area (Å²) in [5.41, 5.74) is 0.150. The van der Waals surface area contributed by atoms with E-state index in [0.29, 0.717) is 0 Å². The van der Waals surface area contributed by atoms with E-state index in [2.05, 4.69) is 14.8 Å². The molecule has 0 bridgehead atoms. The maximum absolute atomic E-state index is 12.3. The molecule has 1 N–H and O–H groups in total. The Bertz CT molecular complexity index is 716. The highest BCUT2D eigenvalue weighted by molar-refractivity contribution is 6.05. The Balaban J connectivity index is 2.07. The highest BCUT2D eigenvalue weighted by Gasteiger charge is 2.28. The predicted molar refractivity (Wildman–Crippen MR) is 79.0 cm³/mol. The molecule has 0 unspecified atom stereocenters. The Hall–Kier alpha value is -2.84. The number of benzene rings is 2. The number of alkyl halides is 5. The van der Waals surface area contributed by atoms with Crippen molar-refractivity contribution in [3.63, 3.8) is 0 Å². The molecule has 2 aromatic carbocycles. The maximum Gasteiger partial charge on any atom is 0.422 e. The number of rotatable bonds is 6. The van der Waals surface area contributed by atoms with Crippen LogP contribution in [0.15, 0.2) is 48.5 Å². The van der Waals surface area contributed by atoms with E-state index in [1.807, 2.05) is 0 Å². The topological polar surface area (TPSA) is 47.6 Å². The number of carbonyl (C=O) groups is 1. The first-order valence-corrected chi connectivity index (χ1v) is 6.89. The fourth-order valence-electron chi connectivity index (χ4n) is 1.84. The molecule has 1 amide bonds. The molecule has 9 heteroatoms. The number of hydrogen-bond donors (Lipinski definition) is 1. The van der Waals surface area contributed by atoms with Gasteiger partial charge in [-0.3, -0.25) is 4.79 Å². The largest absolute Gasteiger partial charge is 0.482 e. The standard InChI is InChI=1S/C16H12F5NO3/c17-15(18)25-11-7-5-10(6-8-11)14(23)22-12-3-1-2-4-13(12)24-9-16(19,20)21/h1-8,15H,9H2,(H,22,23). The van der Waals surface area contributed by atoms with Crippen molar-refractivity contribution >= 4 is 11.6 Å². The first kappa shape index (κ1) is 18.5. The average molecular weight is 361 g/mol. The van der Waals surface area contributed by atoms with Crippen LogP contribution in [-0.4, -0.2) is 25.3 Å². The first-order valence-electron chi connectivity index (χ1n) is 6.89. The molecule has 0 saturated carbocycles. The van der Waals surface area contributed by atoms with Gasteiger partial charge in [0.25, 0.3) is 5.91 Å². The van der Waals surface area contributed by atoms with Gasteiger partial charge in [0.05, 0.1) is 5.69 Å². The van der Waals surface area contributed by atoms with Gasteiger partial charge in [-0.05, 0) is 36.4 Å². The molecule has 0 aliphatic rings. The van der Waals surface area contributed by atoms with E-state index in [4.69, 9.17) is 0 Å². The molecule has 0 fully saturated rings. The Morgan fingerprint density at radius 3 is 2.28 bits per heavy atom. The molecule has 0 aromatic heterocycles. The molecule has 0 heterocycles. The van der Waals surface area contributed by atoms with Crippen LogP contribution in [0.2, 0.25) is 0 Å². The monoisotopic (exact) mass is 361 g/mol. The molecular formula is C16H12F5NO3. The minimum atomic E-state index is -4.52. The highest BCUT2D eigenvalue weighted by atomic mass is 19.4. The summed E-state index contributed by atoms with van der Waals surface area (Å²) >= 11 is 0. The van der Waals surface area contributed by atoms with Gasteiger partial charge in [-0.1, -0.05) is 12.1 Å². The zero-order chi connectivity index (χ0) is 18.4. The molecule has 0 aliphatic carbocycles. The van der Waals surface area contributed by atoms with Crippen LogP contribution in [-0.2, 0) is 0 Å². The minimum Gasteiger partial charge on any atom is -0.482 e. The number of halogens is 5. The zero-order valence-electron chi connectivity index (χ0n) is 12.5. The number of ether oxygens (including phenoxy) is 2. The molecule has 25 heavy (non-hydrogen) atoms. The van der Waals surface area contributed by atoms with Gasteiger partial charge in [-0.25, -0.2) is 0 Å². The number of nitrogens with one attached hydrogen (secondary N) is 1. The summed E-state index contributed by atoms with van der Waals surface area (Å²) in [5.74, 6) is -0.919. The Morgan fingerprint density at radius 2 is 1.68 bits per heavy atom. The summed E-state index contributed by atoms with van der Waals surface area (Å²) in [7, 11) is 0. The normalized spacial score (nSPS) is 11.3. The van der Waals surface area contributed by atoms with Crippen molar-refractivity contribution in [2.24, 2.45) is 0 Å². The summed E-state index contributed by atoms with van der Waals surface area (Å²) < 4.78 is 69.7. The van der Waals surface area contributed by atoms with E-state index in [1.54, 1.807) is 0 Å². The van der Waals surface area contributed by atoms with Crippen molar-refractivity contribution in [1.29, 1.82) is 0 Å². The third-order valence-electron chi connectivity index (χ3n) is 2.87. The smallest absolute Gasteiger partial charge is 0.422 e. The van der Waals surface area contributed by atoms with Gasteiger partial charge >= 0.3 is 12.8 Å². The predicted octanol–water partition coefficient (Wildman–Crippen LogP) is 4.48. The summed E-state index contributed by atoms with van der Waals surface area (Å²) in [6, 6.07) is 10.4. The number of anilines is 1. The van der Waals surface area contributed by atoms with E-state index < -0.39 is 25.3 Å². The number of hydrogen-bond acceptors (Lipinski definition) is 3. The van der Waals surface area contributed by atoms with E-state index in [1.165, 1.54) is 48.5 Å². The second-order valence-electron chi connectivity index (χ2n) is 4.76. The summed E-state index contributed by atoms with van der Waals surface area (Å²) in [6.07, 6.45) is -4.52. The number of amides is 1. The molecule has 2 rings (SSSR count). The SMILES string of the molecule is O=C(Nc1ccccc1OCC(F)(F)F)c1ccc(OC(F)F)cc1. The Kier molecular flexibility index (Phi) is 5.79. The van der Waals surface area contributed by atoms with E-state index in [-0.39, 0.29) is 22.7 Å². The van der Waals surface area contributed by atoms with Gasteiger partial charge in [-0.2, -0.15) is 22.0 Å². The van der Waals surface area contributed by atoms with Gasteiger partial charge in [0.1, 0.15) is 11.5 Å². The zero-order valence-corrected chi connectivity index (χ0v) is 12.5. The fourth-order valence-corrected chi connectivity index (χ4v) is 1.84. The molecule has 0 saturated heterocycles. The third-order valence-corrected chi connectivity index (χ3v) is 2.87. The fraction of sp³-hybridized carbons (Fsp3) is 0.188. The van der Waals surface area contributed by atoms with E-state index >= 15 is 0 Å². The van der Waals surface area contributed by atoms with Crippen molar-refractivity contribution in [1.82, 2.24) is 0 Å². The average Bonchev–Trinajstić information content (AvgIpc) is 2.53. The third kappa shape index (κ3) is 5.94. The van der Waals surface area contributed by atoms with Crippen LogP contribution in [0.25, 0.3) is 0 Å². The van der Waals surface area contributed by atoms with Crippen LogP contribution in [0.1, 0.15) is 10.4 Å². The molecule has 0 aliphatic heterocycles. The molecule has 0 spiro atoms. The van der Waals surface area contributed by atoms with Crippen molar-refractivity contribution in [3.05, 3.63) is 54.1 Å². The quantitative estimate of drug-likeness (QED) is 0.772. The summed E-state index contributed by atoms with van der Waals surface area (Å²) in [6.45, 7) is -4.49. The second-order valence-corrected chi connectivity index (χ2v) is 4.76. The van der Waals surface area contributed by atoms with Gasteiger partial charge in [0.2, 0.25) is 0 Å². The molecule has 0 atom stereocenters. The van der Waals surface area contributed by atoms with Crippen molar-refractivity contribution in [3.8, 4) is 11.5 Å². The van der Waals surface area contributed by atoms with Gasteiger partial charge in [-0.15, -0.1) is 0 Å². The van der Waals surface area contributed by atoms with Crippen LogP contribution in [0.5, 0.6) is 11.5 Å². The number of carbonyl (C=O) groups excluding carboxylic acids is 1. The van der Waals surface area contributed by atoms with Gasteiger partial charge in [0.15, 0.2) is 6.61 Å². The van der Waals surface area contributed by atoms with Crippen LogP contribution in [0.4, 0.5) is 27.6 Å². The van der Waals surface area contributed by atoms with Crippen molar-refractivity contribution < 1.29 is 36.2 Å². The molecule has 4 nitrogen and oxygen atoms in total. The van der Waals surface area contributed by atoms with E-state index in [9.17, 15) is 26.7 Å². The van der Waals surface area contributed by atoms with Crippen LogP contribution >= 0.6 is 0 Å². The van der Waals surface area contributed by atoms with Gasteiger partial charge in [0, 0.05) is 5.56 Å². The Morgan fingerprint density at radius 1 is 1.04 bits per heavy atom. The van der Waals surface area contributed by atoms with Crippen LogP contribution in [0.3, 0.4) is 0 Å². The maximum atomic E-state index is 12.3. The minimum absolute atomic E-state index is 0.0460. The lowest BCUT2D eigenvalue weighted by atomic mass is 10.2. The molecule has 0 radical (unpaired) electrons. The molecular weight excluding hydrogens is 349 g/mol. The highest BCUT2D eigenvalue weighted by Crippen LogP contribution is 2.27. The summed E-state index contributed by atoms with van der Waals surface area (Å²) in [5, 5.41) is 2.40. The van der Waals surface area contributed by atoms with Crippen molar-refractivity contribution in [2.45, 2.75) is 12.8 Å².